The Bertz CT molecular complexity index is 153. The van der Waals surface area contributed by atoms with Gasteiger partial charge < -0.3 is 10.2 Å². The van der Waals surface area contributed by atoms with Crippen LogP contribution in [0.15, 0.2) is 0 Å². The molecule has 110 valence electrons. The molecule has 0 heterocycles. The number of rotatable bonds is 14. The van der Waals surface area contributed by atoms with Crippen molar-refractivity contribution in [2.45, 2.75) is 77.2 Å². The largest absolute Gasteiger partial charge is 0.394 e. The highest BCUT2D eigenvalue weighted by Gasteiger charge is 2.00. The van der Waals surface area contributed by atoms with Crippen molar-refractivity contribution < 1.29 is 10.2 Å². The van der Waals surface area contributed by atoms with Crippen LogP contribution < -0.4 is 0 Å². The standard InChI is InChI=1S/C15H32O2S/c1-2-3-4-5-6-7-8-9-10-12-18-13-11-15(17)14-16/h15-17H,2-14H2,1H3. The lowest BCUT2D eigenvalue weighted by Gasteiger charge is -2.06. The summed E-state index contributed by atoms with van der Waals surface area (Å²) in [7, 11) is 0. The number of aliphatic hydroxyl groups is 2. The third-order valence-corrected chi connectivity index (χ3v) is 4.30. The van der Waals surface area contributed by atoms with Gasteiger partial charge in [0.25, 0.3) is 0 Å². The van der Waals surface area contributed by atoms with Gasteiger partial charge in [0.1, 0.15) is 0 Å². The Labute approximate surface area is 118 Å². The number of hydrogen-bond acceptors (Lipinski definition) is 3. The summed E-state index contributed by atoms with van der Waals surface area (Å²) in [5.41, 5.74) is 0. The monoisotopic (exact) mass is 276 g/mol. The third kappa shape index (κ3) is 14.3. The van der Waals surface area contributed by atoms with E-state index in [1.54, 1.807) is 0 Å². The lowest BCUT2D eigenvalue weighted by molar-refractivity contribution is 0.0932. The predicted octanol–water partition coefficient (Wildman–Crippen LogP) is 3.99. The Hall–Kier alpha value is 0.270. The molecule has 0 aliphatic heterocycles. The van der Waals surface area contributed by atoms with Crippen molar-refractivity contribution in [1.29, 1.82) is 0 Å². The van der Waals surface area contributed by atoms with E-state index in [2.05, 4.69) is 6.92 Å². The van der Waals surface area contributed by atoms with Crippen LogP contribution in [0.2, 0.25) is 0 Å². The summed E-state index contributed by atoms with van der Waals surface area (Å²) in [6, 6.07) is 0. The quantitative estimate of drug-likeness (QED) is 0.471. The molecule has 0 aromatic carbocycles. The van der Waals surface area contributed by atoms with Gasteiger partial charge in [-0.05, 0) is 24.3 Å². The first-order valence-corrected chi connectivity index (χ1v) is 8.83. The van der Waals surface area contributed by atoms with Gasteiger partial charge in [-0.25, -0.2) is 0 Å². The van der Waals surface area contributed by atoms with Crippen molar-refractivity contribution in [3.05, 3.63) is 0 Å². The molecule has 0 aliphatic rings. The lowest BCUT2D eigenvalue weighted by Crippen LogP contribution is -2.12. The molecule has 0 bridgehead atoms. The third-order valence-electron chi connectivity index (χ3n) is 3.20. The average Bonchev–Trinajstić information content (AvgIpc) is 2.39. The van der Waals surface area contributed by atoms with Gasteiger partial charge in [0, 0.05) is 0 Å². The molecule has 2 N–H and O–H groups in total. The van der Waals surface area contributed by atoms with E-state index in [9.17, 15) is 0 Å². The maximum atomic E-state index is 9.16. The smallest absolute Gasteiger partial charge is 0.0778 e. The molecule has 0 radical (unpaired) electrons. The predicted molar refractivity (Wildman–Crippen MR) is 82.3 cm³/mol. The van der Waals surface area contributed by atoms with Gasteiger partial charge in [-0.15, -0.1) is 0 Å². The van der Waals surface area contributed by atoms with Gasteiger partial charge >= 0.3 is 0 Å². The fourth-order valence-corrected chi connectivity index (χ4v) is 2.98. The van der Waals surface area contributed by atoms with E-state index in [1.807, 2.05) is 11.8 Å². The average molecular weight is 276 g/mol. The fourth-order valence-electron chi connectivity index (χ4n) is 1.93. The highest BCUT2D eigenvalue weighted by atomic mass is 32.2. The SMILES string of the molecule is CCCCCCCCCCCSCCC(O)CO. The summed E-state index contributed by atoms with van der Waals surface area (Å²) >= 11 is 1.90. The second kappa shape index (κ2) is 15.3. The first kappa shape index (κ1) is 18.3. The van der Waals surface area contributed by atoms with Crippen molar-refractivity contribution in [3.63, 3.8) is 0 Å². The fraction of sp³-hybridized carbons (Fsp3) is 1.00. The van der Waals surface area contributed by atoms with Gasteiger partial charge in [0.05, 0.1) is 12.7 Å². The molecular formula is C15H32O2S. The van der Waals surface area contributed by atoms with Gasteiger partial charge in [0.2, 0.25) is 0 Å². The minimum absolute atomic E-state index is 0.0986. The number of hydrogen-bond donors (Lipinski definition) is 2. The Morgan fingerprint density at radius 1 is 0.833 bits per heavy atom. The summed E-state index contributed by atoms with van der Waals surface area (Å²) < 4.78 is 0. The molecule has 0 fully saturated rings. The molecule has 0 aliphatic carbocycles. The van der Waals surface area contributed by atoms with Crippen molar-refractivity contribution in [1.82, 2.24) is 0 Å². The van der Waals surface area contributed by atoms with E-state index in [0.717, 1.165) is 12.2 Å². The molecule has 1 unspecified atom stereocenters. The molecular weight excluding hydrogens is 244 g/mol. The molecule has 0 saturated heterocycles. The summed E-state index contributed by atoms with van der Waals surface area (Å²) in [6.07, 6.45) is 12.6. The molecule has 1 atom stereocenters. The van der Waals surface area contributed by atoms with Gasteiger partial charge in [-0.1, -0.05) is 58.3 Å². The molecule has 0 spiro atoms. The van der Waals surface area contributed by atoms with E-state index in [4.69, 9.17) is 10.2 Å². The summed E-state index contributed by atoms with van der Waals surface area (Å²) in [5.74, 6) is 2.17. The maximum Gasteiger partial charge on any atom is 0.0778 e. The number of aliphatic hydroxyl groups excluding tert-OH is 2. The minimum atomic E-state index is -0.513. The Kier molecular flexibility index (Phi) is 15.6. The molecule has 0 rings (SSSR count). The first-order valence-electron chi connectivity index (χ1n) is 7.68. The van der Waals surface area contributed by atoms with Crippen molar-refractivity contribution in [3.8, 4) is 0 Å². The number of unbranched alkanes of at least 4 members (excludes halogenated alkanes) is 8. The Balaban J connectivity index is 2.94. The topological polar surface area (TPSA) is 40.5 Å². The van der Waals surface area contributed by atoms with Crippen LogP contribution in [0.25, 0.3) is 0 Å². The van der Waals surface area contributed by atoms with E-state index in [1.165, 1.54) is 63.5 Å². The van der Waals surface area contributed by atoms with Crippen LogP contribution in [-0.4, -0.2) is 34.4 Å². The molecule has 2 nitrogen and oxygen atoms in total. The van der Waals surface area contributed by atoms with Crippen LogP contribution in [0.5, 0.6) is 0 Å². The highest BCUT2D eigenvalue weighted by molar-refractivity contribution is 7.99. The van der Waals surface area contributed by atoms with Crippen LogP contribution in [0.1, 0.15) is 71.1 Å². The molecule has 3 heteroatoms. The molecule has 0 aromatic heterocycles. The van der Waals surface area contributed by atoms with Crippen LogP contribution >= 0.6 is 11.8 Å². The highest BCUT2D eigenvalue weighted by Crippen LogP contribution is 2.12. The van der Waals surface area contributed by atoms with Gasteiger partial charge in [-0.2, -0.15) is 11.8 Å². The molecule has 0 amide bonds. The van der Waals surface area contributed by atoms with E-state index >= 15 is 0 Å². The van der Waals surface area contributed by atoms with Gasteiger partial charge in [0.15, 0.2) is 0 Å². The maximum absolute atomic E-state index is 9.16. The molecule has 0 aromatic rings. The molecule has 0 saturated carbocycles. The Morgan fingerprint density at radius 2 is 1.39 bits per heavy atom. The lowest BCUT2D eigenvalue weighted by atomic mass is 10.1. The van der Waals surface area contributed by atoms with Crippen LogP contribution in [0, 0.1) is 0 Å². The van der Waals surface area contributed by atoms with E-state index < -0.39 is 6.10 Å². The van der Waals surface area contributed by atoms with Crippen molar-refractivity contribution in [2.24, 2.45) is 0 Å². The van der Waals surface area contributed by atoms with Crippen molar-refractivity contribution in [2.75, 3.05) is 18.1 Å². The number of thioether (sulfide) groups is 1. The zero-order chi connectivity index (χ0) is 13.5. The normalized spacial score (nSPS) is 12.8. The van der Waals surface area contributed by atoms with E-state index in [0.29, 0.717) is 0 Å². The van der Waals surface area contributed by atoms with E-state index in [-0.39, 0.29) is 6.61 Å². The van der Waals surface area contributed by atoms with Crippen LogP contribution in [0.4, 0.5) is 0 Å². The van der Waals surface area contributed by atoms with Crippen LogP contribution in [0.3, 0.4) is 0 Å². The van der Waals surface area contributed by atoms with Crippen molar-refractivity contribution >= 4 is 11.8 Å². The minimum Gasteiger partial charge on any atom is -0.394 e. The van der Waals surface area contributed by atoms with Gasteiger partial charge in [-0.3, -0.25) is 0 Å². The Morgan fingerprint density at radius 3 is 1.94 bits per heavy atom. The summed E-state index contributed by atoms with van der Waals surface area (Å²) in [4.78, 5) is 0. The zero-order valence-corrected chi connectivity index (χ0v) is 12.9. The first-order chi connectivity index (χ1) is 8.81. The second-order valence-corrected chi connectivity index (χ2v) is 6.29. The van der Waals surface area contributed by atoms with Crippen LogP contribution in [-0.2, 0) is 0 Å². The second-order valence-electron chi connectivity index (χ2n) is 5.07. The summed E-state index contributed by atoms with van der Waals surface area (Å²) in [6.45, 7) is 2.16. The summed E-state index contributed by atoms with van der Waals surface area (Å²) in [5, 5.41) is 17.8. The molecule has 18 heavy (non-hydrogen) atoms. The zero-order valence-electron chi connectivity index (χ0n) is 12.1.